The number of carbonyl (C=O) groups excluding carboxylic acids is 1. The second kappa shape index (κ2) is 8.67. The molecule has 2 aliphatic rings. The SMILES string of the molecule is O=C(Nc1cccc(S(=O)(=O)C2CCCC2)c1)C(c1ccccc1)N1CCCC1. The second-order valence-corrected chi connectivity index (χ2v) is 10.3. The third kappa shape index (κ3) is 4.38. The minimum absolute atomic E-state index is 0.117. The van der Waals surface area contributed by atoms with Crippen LogP contribution in [0.2, 0.25) is 0 Å². The Morgan fingerprint density at radius 1 is 0.931 bits per heavy atom. The summed E-state index contributed by atoms with van der Waals surface area (Å²) in [7, 11) is -3.35. The molecule has 1 unspecified atom stereocenters. The molecule has 4 rings (SSSR count). The summed E-state index contributed by atoms with van der Waals surface area (Å²) in [6.07, 6.45) is 5.56. The lowest BCUT2D eigenvalue weighted by Crippen LogP contribution is -2.35. The normalized spacial score (nSPS) is 19.3. The molecule has 154 valence electrons. The molecule has 0 spiro atoms. The third-order valence-corrected chi connectivity index (χ3v) is 8.30. The van der Waals surface area contributed by atoms with E-state index in [1.54, 1.807) is 24.3 Å². The van der Waals surface area contributed by atoms with Crippen molar-refractivity contribution in [3.05, 3.63) is 60.2 Å². The molecule has 2 aromatic carbocycles. The number of nitrogens with zero attached hydrogens (tertiary/aromatic N) is 1. The molecule has 5 nitrogen and oxygen atoms in total. The van der Waals surface area contributed by atoms with Gasteiger partial charge in [0.1, 0.15) is 6.04 Å². The number of carbonyl (C=O) groups is 1. The number of nitrogens with one attached hydrogen (secondary N) is 1. The van der Waals surface area contributed by atoms with E-state index >= 15 is 0 Å². The molecule has 1 amide bonds. The Hall–Kier alpha value is -2.18. The Kier molecular flexibility index (Phi) is 6.01. The molecule has 1 N–H and O–H groups in total. The summed E-state index contributed by atoms with van der Waals surface area (Å²) in [5.74, 6) is -0.117. The zero-order valence-electron chi connectivity index (χ0n) is 16.6. The van der Waals surface area contributed by atoms with E-state index in [0.717, 1.165) is 57.2 Å². The maximum Gasteiger partial charge on any atom is 0.246 e. The third-order valence-electron chi connectivity index (χ3n) is 6.04. The second-order valence-electron chi connectivity index (χ2n) is 8.02. The molecule has 1 aliphatic heterocycles. The van der Waals surface area contributed by atoms with Gasteiger partial charge in [-0.25, -0.2) is 8.42 Å². The Morgan fingerprint density at radius 3 is 2.31 bits per heavy atom. The summed E-state index contributed by atoms with van der Waals surface area (Å²) < 4.78 is 25.8. The molecule has 1 atom stereocenters. The molecule has 2 aromatic rings. The molecule has 1 saturated heterocycles. The van der Waals surface area contributed by atoms with Crippen LogP contribution >= 0.6 is 0 Å². The predicted octanol–water partition coefficient (Wildman–Crippen LogP) is 4.18. The highest BCUT2D eigenvalue weighted by atomic mass is 32.2. The topological polar surface area (TPSA) is 66.5 Å². The monoisotopic (exact) mass is 412 g/mol. The maximum atomic E-state index is 13.2. The summed E-state index contributed by atoms with van der Waals surface area (Å²) in [4.78, 5) is 15.7. The number of hydrogen-bond acceptors (Lipinski definition) is 4. The summed E-state index contributed by atoms with van der Waals surface area (Å²) >= 11 is 0. The van der Waals surface area contributed by atoms with Crippen LogP contribution in [0.15, 0.2) is 59.5 Å². The first-order valence-electron chi connectivity index (χ1n) is 10.5. The largest absolute Gasteiger partial charge is 0.324 e. The maximum absolute atomic E-state index is 13.2. The zero-order valence-corrected chi connectivity index (χ0v) is 17.4. The number of anilines is 1. The van der Waals surface area contributed by atoms with Crippen molar-refractivity contribution in [3.8, 4) is 0 Å². The van der Waals surface area contributed by atoms with Crippen molar-refractivity contribution < 1.29 is 13.2 Å². The summed E-state index contributed by atoms with van der Waals surface area (Å²) in [6, 6.07) is 16.1. The Bertz CT molecular complexity index is 947. The van der Waals surface area contributed by atoms with Crippen LogP contribution in [0, 0.1) is 0 Å². The van der Waals surface area contributed by atoms with Crippen LogP contribution < -0.4 is 5.32 Å². The molecular weight excluding hydrogens is 384 g/mol. The van der Waals surface area contributed by atoms with Crippen LogP contribution in [-0.2, 0) is 14.6 Å². The molecule has 0 aromatic heterocycles. The molecule has 0 bridgehead atoms. The summed E-state index contributed by atoms with van der Waals surface area (Å²) in [5.41, 5.74) is 1.50. The van der Waals surface area contributed by atoms with E-state index in [1.807, 2.05) is 30.3 Å². The first kappa shape index (κ1) is 20.1. The Morgan fingerprint density at radius 2 is 1.62 bits per heavy atom. The van der Waals surface area contributed by atoms with Gasteiger partial charge in [-0.3, -0.25) is 9.69 Å². The van der Waals surface area contributed by atoms with Gasteiger partial charge in [-0.05, 0) is 62.5 Å². The lowest BCUT2D eigenvalue weighted by atomic mass is 10.0. The van der Waals surface area contributed by atoms with E-state index in [2.05, 4.69) is 10.2 Å². The van der Waals surface area contributed by atoms with Gasteiger partial charge in [0.25, 0.3) is 0 Å². The average molecular weight is 413 g/mol. The Labute approximate surface area is 173 Å². The van der Waals surface area contributed by atoms with Crippen LogP contribution in [0.3, 0.4) is 0 Å². The first-order valence-corrected chi connectivity index (χ1v) is 12.0. The van der Waals surface area contributed by atoms with E-state index < -0.39 is 9.84 Å². The molecule has 0 radical (unpaired) electrons. The predicted molar refractivity (Wildman–Crippen MR) is 115 cm³/mol. The molecule has 1 heterocycles. The van der Waals surface area contributed by atoms with Crippen LogP contribution in [-0.4, -0.2) is 37.6 Å². The van der Waals surface area contributed by atoms with Crippen LogP contribution in [0.5, 0.6) is 0 Å². The lowest BCUT2D eigenvalue weighted by molar-refractivity contribution is -0.121. The van der Waals surface area contributed by atoms with Gasteiger partial charge in [0.15, 0.2) is 9.84 Å². The number of likely N-dealkylation sites (tertiary alicyclic amines) is 1. The van der Waals surface area contributed by atoms with Crippen LogP contribution in [0.4, 0.5) is 5.69 Å². The molecular formula is C23H28N2O3S. The van der Waals surface area contributed by atoms with Crippen molar-refractivity contribution in [1.29, 1.82) is 0 Å². The van der Waals surface area contributed by atoms with Crippen molar-refractivity contribution in [1.82, 2.24) is 4.90 Å². The van der Waals surface area contributed by atoms with Gasteiger partial charge in [0.2, 0.25) is 5.91 Å². The number of rotatable bonds is 6. The van der Waals surface area contributed by atoms with Gasteiger partial charge in [0.05, 0.1) is 10.1 Å². The summed E-state index contributed by atoms with van der Waals surface area (Å²) in [5, 5.41) is 2.68. The van der Waals surface area contributed by atoms with E-state index in [0.29, 0.717) is 10.6 Å². The van der Waals surface area contributed by atoms with E-state index in [-0.39, 0.29) is 17.2 Å². The van der Waals surface area contributed by atoms with Crippen LogP contribution in [0.1, 0.15) is 50.1 Å². The number of hydrogen-bond donors (Lipinski definition) is 1. The van der Waals surface area contributed by atoms with E-state index in [9.17, 15) is 13.2 Å². The average Bonchev–Trinajstić information content (AvgIpc) is 3.44. The molecule has 1 aliphatic carbocycles. The molecule has 29 heavy (non-hydrogen) atoms. The van der Waals surface area contributed by atoms with Gasteiger partial charge < -0.3 is 5.32 Å². The quantitative estimate of drug-likeness (QED) is 0.773. The van der Waals surface area contributed by atoms with Crippen molar-refractivity contribution in [3.63, 3.8) is 0 Å². The minimum Gasteiger partial charge on any atom is -0.324 e. The Balaban J connectivity index is 1.57. The molecule has 2 fully saturated rings. The highest BCUT2D eigenvalue weighted by Gasteiger charge is 2.32. The first-order chi connectivity index (χ1) is 14.1. The van der Waals surface area contributed by atoms with Crippen LogP contribution in [0.25, 0.3) is 0 Å². The fraction of sp³-hybridized carbons (Fsp3) is 0.435. The number of sulfone groups is 1. The smallest absolute Gasteiger partial charge is 0.246 e. The summed E-state index contributed by atoms with van der Waals surface area (Å²) in [6.45, 7) is 1.78. The zero-order chi connectivity index (χ0) is 20.3. The number of benzene rings is 2. The molecule has 1 saturated carbocycles. The fourth-order valence-corrected chi connectivity index (χ4v) is 6.41. The van der Waals surface area contributed by atoms with Gasteiger partial charge in [-0.15, -0.1) is 0 Å². The van der Waals surface area contributed by atoms with Gasteiger partial charge >= 0.3 is 0 Å². The van der Waals surface area contributed by atoms with E-state index in [1.165, 1.54) is 0 Å². The van der Waals surface area contributed by atoms with Crippen molar-refractivity contribution in [2.45, 2.75) is 54.7 Å². The number of amides is 1. The van der Waals surface area contributed by atoms with Gasteiger partial charge in [-0.1, -0.05) is 49.2 Å². The van der Waals surface area contributed by atoms with Crippen molar-refractivity contribution in [2.75, 3.05) is 18.4 Å². The fourth-order valence-electron chi connectivity index (χ4n) is 4.52. The highest BCUT2D eigenvalue weighted by molar-refractivity contribution is 7.92. The molecule has 6 heteroatoms. The lowest BCUT2D eigenvalue weighted by Gasteiger charge is -2.27. The van der Waals surface area contributed by atoms with E-state index in [4.69, 9.17) is 0 Å². The minimum atomic E-state index is -3.35. The van der Waals surface area contributed by atoms with Gasteiger partial charge in [-0.2, -0.15) is 0 Å². The van der Waals surface area contributed by atoms with Gasteiger partial charge in [0, 0.05) is 5.69 Å². The van der Waals surface area contributed by atoms with Crippen molar-refractivity contribution >= 4 is 21.4 Å². The van der Waals surface area contributed by atoms with Crippen molar-refractivity contribution in [2.24, 2.45) is 0 Å². The highest BCUT2D eigenvalue weighted by Crippen LogP contribution is 2.31. The standard InChI is InChI=1S/C23H28N2O3S/c26-23(22(25-15-6-7-16-25)18-9-2-1-3-10-18)24-19-11-8-14-21(17-19)29(27,28)20-12-4-5-13-20/h1-3,8-11,14,17,20,22H,4-7,12-13,15-16H2,(H,24,26).